The van der Waals surface area contributed by atoms with Crippen LogP contribution in [-0.2, 0) is 9.53 Å². The van der Waals surface area contributed by atoms with Crippen LogP contribution in [-0.4, -0.2) is 103 Å². The number of carbonyl (C=O) groups excluding carboxylic acids is 1. The third-order valence-corrected chi connectivity index (χ3v) is 9.86. The van der Waals surface area contributed by atoms with Crippen LogP contribution in [0, 0.1) is 17.6 Å². The molecule has 2 fully saturated rings. The van der Waals surface area contributed by atoms with E-state index in [4.69, 9.17) is 4.74 Å². The van der Waals surface area contributed by atoms with Gasteiger partial charge in [-0.2, -0.15) is 0 Å². The van der Waals surface area contributed by atoms with E-state index in [1.54, 1.807) is 13.2 Å². The fourth-order valence-electron chi connectivity index (χ4n) is 5.73. The van der Waals surface area contributed by atoms with Gasteiger partial charge in [-0.1, -0.05) is 20.3 Å². The predicted octanol–water partition coefficient (Wildman–Crippen LogP) is 2.68. The van der Waals surface area contributed by atoms with E-state index >= 15 is 8.78 Å². The van der Waals surface area contributed by atoms with Crippen molar-refractivity contribution in [2.75, 3.05) is 19.8 Å². The van der Waals surface area contributed by atoms with Crippen molar-refractivity contribution in [3.8, 4) is 11.1 Å². The first-order valence-electron chi connectivity index (χ1n) is 13.7. The smallest absolute Gasteiger partial charge is 0.237 e. The lowest BCUT2D eigenvalue weighted by atomic mass is 9.92. The third kappa shape index (κ3) is 7.20. The Morgan fingerprint density at radius 1 is 1.17 bits per heavy atom. The van der Waals surface area contributed by atoms with Crippen molar-refractivity contribution in [1.82, 2.24) is 20.2 Å². The van der Waals surface area contributed by atoms with Gasteiger partial charge in [0.1, 0.15) is 47.8 Å². The number of carbonyl (C=O) groups is 1. The van der Waals surface area contributed by atoms with Crippen LogP contribution in [0.25, 0.3) is 11.1 Å². The molecule has 2 aliphatic rings. The number of nitrogens with one attached hydrogen (secondary N) is 1. The zero-order chi connectivity index (χ0) is 29.8. The van der Waals surface area contributed by atoms with E-state index in [1.807, 2.05) is 11.9 Å². The molecule has 0 saturated carbocycles. The third-order valence-electron chi connectivity index (χ3n) is 7.83. The Hall–Kier alpha value is -1.87. The highest BCUT2D eigenvalue weighted by molar-refractivity contribution is 8.00. The molecular weight excluding hydrogens is 574 g/mol. The predicted molar refractivity (Wildman–Crippen MR) is 154 cm³/mol. The molecule has 2 saturated heterocycles. The number of aliphatic hydroxyl groups is 3. The van der Waals surface area contributed by atoms with Gasteiger partial charge in [-0.3, -0.25) is 9.69 Å². The van der Waals surface area contributed by atoms with Gasteiger partial charge in [0.15, 0.2) is 0 Å². The molecule has 1 aromatic heterocycles. The SMILES string of the molecule is CCC[C@@H]1C[C@@H](C(=O)NC([C@H]2O[C@H](SC)[C@H](O)[C@@H](O)[C@H]2O)[C@@H](C)Sc2cc(F)c(-c3cncnc3)c(F)c2)N(C)C1. The molecule has 0 spiro atoms. The number of aromatic nitrogens is 2. The summed E-state index contributed by atoms with van der Waals surface area (Å²) in [7, 11) is 1.90. The van der Waals surface area contributed by atoms with Gasteiger partial charge in [0.2, 0.25) is 5.91 Å². The molecule has 0 aliphatic carbocycles. The molecule has 1 aromatic carbocycles. The summed E-state index contributed by atoms with van der Waals surface area (Å²) in [6, 6.07) is 1.15. The average Bonchev–Trinajstić information content (AvgIpc) is 3.31. The maximum absolute atomic E-state index is 15.1. The van der Waals surface area contributed by atoms with Gasteiger partial charge in [-0.25, -0.2) is 18.7 Å². The van der Waals surface area contributed by atoms with E-state index in [1.165, 1.54) is 42.6 Å². The molecule has 41 heavy (non-hydrogen) atoms. The number of benzene rings is 1. The standard InChI is InChI=1S/C28H38F2N4O5S2/c1-5-6-15-7-20(34(3)12-15)27(38)33-22(26-24(36)23(35)25(37)28(39-26)40-4)14(2)41-17-8-18(29)21(19(30)9-17)16-10-31-13-32-11-16/h8-11,13-15,20,22-26,28,35-37H,5-7,12H2,1-4H3,(H,33,38)/t14-,15-,20+,22?,23+,24-,25-,26-,28-/m1/s1. The summed E-state index contributed by atoms with van der Waals surface area (Å²) in [5, 5.41) is 34.4. The molecule has 1 unspecified atom stereocenters. The summed E-state index contributed by atoms with van der Waals surface area (Å²) in [4.78, 5) is 23.5. The Kier molecular flexibility index (Phi) is 11.0. The normalized spacial score (nSPS) is 30.2. The van der Waals surface area contributed by atoms with Gasteiger partial charge in [0.05, 0.1) is 17.6 Å². The van der Waals surface area contributed by atoms with Crippen molar-refractivity contribution in [3.05, 3.63) is 42.5 Å². The van der Waals surface area contributed by atoms with Crippen LogP contribution in [0.1, 0.15) is 33.1 Å². The number of ether oxygens (including phenoxy) is 1. The van der Waals surface area contributed by atoms with E-state index in [2.05, 4.69) is 22.2 Å². The first-order chi connectivity index (χ1) is 19.5. The Morgan fingerprint density at radius 3 is 2.44 bits per heavy atom. The number of likely N-dealkylation sites (tertiary alicyclic amines) is 1. The second-order valence-corrected chi connectivity index (χ2v) is 13.2. The Labute approximate surface area is 247 Å². The fraction of sp³-hybridized carbons (Fsp3) is 0.607. The van der Waals surface area contributed by atoms with E-state index in [9.17, 15) is 20.1 Å². The molecule has 0 bridgehead atoms. The molecule has 226 valence electrons. The van der Waals surface area contributed by atoms with Gasteiger partial charge < -0.3 is 25.4 Å². The molecule has 13 heteroatoms. The minimum Gasteiger partial charge on any atom is -0.388 e. The van der Waals surface area contributed by atoms with E-state index < -0.39 is 52.8 Å². The Balaban J connectivity index is 1.60. The van der Waals surface area contributed by atoms with Crippen molar-refractivity contribution in [1.29, 1.82) is 0 Å². The number of nitrogens with zero attached hydrogens (tertiary/aromatic N) is 3. The second kappa shape index (κ2) is 14.1. The molecule has 4 rings (SSSR count). The molecule has 1 amide bonds. The second-order valence-electron chi connectivity index (χ2n) is 10.8. The lowest BCUT2D eigenvalue weighted by Crippen LogP contribution is -2.65. The summed E-state index contributed by atoms with van der Waals surface area (Å²) in [5.41, 5.74) is -0.890. The summed E-state index contributed by atoms with van der Waals surface area (Å²) in [6.45, 7) is 4.66. The maximum atomic E-state index is 15.1. The van der Waals surface area contributed by atoms with Crippen molar-refractivity contribution in [2.24, 2.45) is 5.92 Å². The number of amides is 1. The molecule has 0 radical (unpaired) electrons. The highest BCUT2D eigenvalue weighted by Gasteiger charge is 2.49. The molecular formula is C28H38F2N4O5S2. The lowest BCUT2D eigenvalue weighted by molar-refractivity contribution is -0.205. The maximum Gasteiger partial charge on any atom is 0.237 e. The molecule has 4 N–H and O–H groups in total. The van der Waals surface area contributed by atoms with E-state index in [0.29, 0.717) is 12.3 Å². The minimum absolute atomic E-state index is 0.202. The summed E-state index contributed by atoms with van der Waals surface area (Å²) >= 11 is 2.27. The number of hydrogen-bond donors (Lipinski definition) is 4. The van der Waals surface area contributed by atoms with Crippen LogP contribution < -0.4 is 5.32 Å². The molecule has 9 atom stereocenters. The van der Waals surface area contributed by atoms with Crippen LogP contribution in [0.5, 0.6) is 0 Å². The summed E-state index contributed by atoms with van der Waals surface area (Å²) in [5.74, 6) is -1.45. The van der Waals surface area contributed by atoms with Crippen LogP contribution in [0.3, 0.4) is 0 Å². The minimum atomic E-state index is -1.51. The Morgan fingerprint density at radius 2 is 1.83 bits per heavy atom. The largest absolute Gasteiger partial charge is 0.388 e. The number of aliphatic hydroxyl groups excluding tert-OH is 3. The lowest BCUT2D eigenvalue weighted by Gasteiger charge is -2.44. The van der Waals surface area contributed by atoms with Crippen LogP contribution in [0.4, 0.5) is 8.78 Å². The van der Waals surface area contributed by atoms with Crippen molar-refractivity contribution < 1.29 is 33.6 Å². The van der Waals surface area contributed by atoms with Gasteiger partial charge in [-0.15, -0.1) is 23.5 Å². The first-order valence-corrected chi connectivity index (χ1v) is 15.9. The van der Waals surface area contributed by atoms with Crippen molar-refractivity contribution in [3.63, 3.8) is 0 Å². The average molecular weight is 613 g/mol. The zero-order valence-electron chi connectivity index (χ0n) is 23.5. The van der Waals surface area contributed by atoms with E-state index in [0.717, 1.165) is 31.1 Å². The van der Waals surface area contributed by atoms with Crippen LogP contribution in [0.2, 0.25) is 0 Å². The first kappa shape index (κ1) is 32.1. The molecule has 3 heterocycles. The monoisotopic (exact) mass is 612 g/mol. The highest BCUT2D eigenvalue weighted by Crippen LogP contribution is 2.36. The number of thioether (sulfide) groups is 2. The number of likely N-dealkylation sites (N-methyl/N-ethyl adjacent to an activating group) is 1. The topological polar surface area (TPSA) is 128 Å². The number of rotatable bonds is 10. The number of hydrogen-bond acceptors (Lipinski definition) is 10. The van der Waals surface area contributed by atoms with Gasteiger partial charge in [-0.05, 0) is 44.2 Å². The molecule has 9 nitrogen and oxygen atoms in total. The van der Waals surface area contributed by atoms with Crippen molar-refractivity contribution >= 4 is 29.4 Å². The molecule has 2 aliphatic heterocycles. The zero-order valence-corrected chi connectivity index (χ0v) is 25.1. The van der Waals surface area contributed by atoms with Gasteiger partial charge in [0, 0.05) is 34.6 Å². The van der Waals surface area contributed by atoms with Crippen LogP contribution in [0.15, 0.2) is 35.7 Å². The van der Waals surface area contributed by atoms with E-state index in [-0.39, 0.29) is 28.0 Å². The van der Waals surface area contributed by atoms with Gasteiger partial charge in [0.25, 0.3) is 0 Å². The quantitative estimate of drug-likeness (QED) is 0.298. The van der Waals surface area contributed by atoms with Gasteiger partial charge >= 0.3 is 0 Å². The number of halogens is 2. The summed E-state index contributed by atoms with van der Waals surface area (Å²) < 4.78 is 36.2. The summed E-state index contributed by atoms with van der Waals surface area (Å²) in [6.07, 6.45) is 2.90. The van der Waals surface area contributed by atoms with Crippen LogP contribution >= 0.6 is 23.5 Å². The fourth-order valence-corrected chi connectivity index (χ4v) is 7.55. The Bertz CT molecular complexity index is 1160. The van der Waals surface area contributed by atoms with Crippen molar-refractivity contribution in [2.45, 2.75) is 85.2 Å². The highest BCUT2D eigenvalue weighted by atomic mass is 32.2. The molecule has 2 aromatic rings.